The van der Waals surface area contributed by atoms with E-state index in [1.54, 1.807) is 0 Å². The number of nitrogens with two attached hydrogens (primary N) is 1. The van der Waals surface area contributed by atoms with E-state index in [4.69, 9.17) is 5.14 Å². The molecule has 0 atom stereocenters. The van der Waals surface area contributed by atoms with Crippen molar-refractivity contribution in [3.63, 3.8) is 0 Å². The average Bonchev–Trinajstić information content (AvgIpc) is 2.15. The quantitative estimate of drug-likeness (QED) is 0.457. The molecule has 5 N–H and O–H groups in total. The SMILES string of the molecule is NS(=O)(=O)CCNC(=O)c1c[nH]c(=O)[nH]c1=O. The van der Waals surface area contributed by atoms with Crippen LogP contribution < -0.4 is 21.7 Å². The number of primary sulfonamides is 1. The van der Waals surface area contributed by atoms with Crippen LogP contribution in [0.5, 0.6) is 0 Å². The number of hydrogen-bond donors (Lipinski definition) is 4. The van der Waals surface area contributed by atoms with Crippen LogP contribution in [0.1, 0.15) is 10.4 Å². The standard InChI is InChI=1S/C7H10N4O5S/c8-17(15,16)2-1-9-5(12)4-3-10-7(14)11-6(4)13/h3H,1-2H2,(H,9,12)(H2,8,15,16)(H2,10,11,13,14). The summed E-state index contributed by atoms with van der Waals surface area (Å²) < 4.78 is 21.1. The lowest BCUT2D eigenvalue weighted by Crippen LogP contribution is -2.36. The van der Waals surface area contributed by atoms with E-state index < -0.39 is 32.9 Å². The Bertz CT molecular complexity index is 628. The van der Waals surface area contributed by atoms with Gasteiger partial charge in [-0.25, -0.2) is 18.4 Å². The molecule has 0 fully saturated rings. The molecule has 1 heterocycles. The minimum Gasteiger partial charge on any atom is -0.351 e. The van der Waals surface area contributed by atoms with Crippen LogP contribution in [0, 0.1) is 0 Å². The highest BCUT2D eigenvalue weighted by Gasteiger charge is 2.11. The number of H-pyrrole nitrogens is 2. The van der Waals surface area contributed by atoms with Crippen LogP contribution in [0.2, 0.25) is 0 Å². The van der Waals surface area contributed by atoms with Crippen LogP contribution in [-0.2, 0) is 10.0 Å². The Morgan fingerprint density at radius 1 is 1.41 bits per heavy atom. The highest BCUT2D eigenvalue weighted by Crippen LogP contribution is 1.84. The Kier molecular flexibility index (Phi) is 3.81. The fourth-order valence-electron chi connectivity index (χ4n) is 0.981. The number of amides is 1. The van der Waals surface area contributed by atoms with E-state index in [2.05, 4.69) is 10.3 Å². The second-order valence-electron chi connectivity index (χ2n) is 3.11. The average molecular weight is 262 g/mol. The zero-order valence-corrected chi connectivity index (χ0v) is 9.33. The number of nitrogens with one attached hydrogen (secondary N) is 3. The maximum atomic E-state index is 11.4. The molecule has 0 spiro atoms. The third-order valence-corrected chi connectivity index (χ3v) is 2.51. The summed E-state index contributed by atoms with van der Waals surface area (Å²) >= 11 is 0. The summed E-state index contributed by atoms with van der Waals surface area (Å²) in [6.07, 6.45) is 0.938. The number of carbonyl (C=O) groups excluding carboxylic acids is 1. The number of rotatable bonds is 4. The molecule has 9 nitrogen and oxygen atoms in total. The zero-order chi connectivity index (χ0) is 13.1. The first kappa shape index (κ1) is 13.1. The summed E-state index contributed by atoms with van der Waals surface area (Å²) in [5, 5.41) is 6.89. The molecule has 0 unspecified atom stereocenters. The van der Waals surface area contributed by atoms with E-state index in [1.165, 1.54) is 0 Å². The third-order valence-electron chi connectivity index (χ3n) is 1.74. The van der Waals surface area contributed by atoms with E-state index in [0.717, 1.165) is 6.20 Å². The van der Waals surface area contributed by atoms with Crippen molar-refractivity contribution in [1.82, 2.24) is 15.3 Å². The number of carbonyl (C=O) groups is 1. The molecule has 0 saturated carbocycles. The number of sulfonamides is 1. The summed E-state index contributed by atoms with van der Waals surface area (Å²) in [5.41, 5.74) is -1.92. The van der Waals surface area contributed by atoms with Crippen molar-refractivity contribution in [2.75, 3.05) is 12.3 Å². The summed E-state index contributed by atoms with van der Waals surface area (Å²) in [5.74, 6) is -1.24. The Hall–Kier alpha value is -1.94. The predicted molar refractivity (Wildman–Crippen MR) is 58.0 cm³/mol. The molecule has 1 rings (SSSR count). The smallest absolute Gasteiger partial charge is 0.325 e. The first-order valence-corrected chi connectivity index (χ1v) is 6.12. The van der Waals surface area contributed by atoms with Crippen LogP contribution in [0.15, 0.2) is 15.8 Å². The van der Waals surface area contributed by atoms with Crippen molar-refractivity contribution in [2.45, 2.75) is 0 Å². The Morgan fingerprint density at radius 3 is 2.59 bits per heavy atom. The molecule has 17 heavy (non-hydrogen) atoms. The minimum atomic E-state index is -3.68. The van der Waals surface area contributed by atoms with Gasteiger partial charge in [0, 0.05) is 12.7 Å². The Labute approximate surface area is 95.1 Å². The summed E-state index contributed by atoms with van der Waals surface area (Å²) in [6, 6.07) is 0. The van der Waals surface area contributed by atoms with Gasteiger partial charge in [0.2, 0.25) is 10.0 Å². The molecule has 10 heteroatoms. The molecular weight excluding hydrogens is 252 g/mol. The van der Waals surface area contributed by atoms with Crippen LogP contribution in [0.25, 0.3) is 0 Å². The molecule has 1 aromatic heterocycles. The second kappa shape index (κ2) is 4.93. The van der Waals surface area contributed by atoms with Crippen LogP contribution in [0.3, 0.4) is 0 Å². The van der Waals surface area contributed by atoms with Gasteiger partial charge in [-0.2, -0.15) is 0 Å². The van der Waals surface area contributed by atoms with Gasteiger partial charge in [0.1, 0.15) is 5.56 Å². The van der Waals surface area contributed by atoms with Gasteiger partial charge in [0.15, 0.2) is 0 Å². The predicted octanol–water partition coefficient (Wildman–Crippen LogP) is -2.92. The fraction of sp³-hybridized carbons (Fsp3) is 0.286. The highest BCUT2D eigenvalue weighted by atomic mass is 32.2. The van der Waals surface area contributed by atoms with E-state index in [9.17, 15) is 22.8 Å². The van der Waals surface area contributed by atoms with E-state index in [-0.39, 0.29) is 12.1 Å². The summed E-state index contributed by atoms with van der Waals surface area (Å²) in [7, 11) is -3.68. The minimum absolute atomic E-state index is 0.226. The first-order chi connectivity index (χ1) is 7.79. The molecule has 1 amide bonds. The molecule has 94 valence electrons. The molecule has 0 saturated heterocycles. The van der Waals surface area contributed by atoms with Gasteiger partial charge in [-0.1, -0.05) is 0 Å². The van der Waals surface area contributed by atoms with Crippen molar-refractivity contribution in [2.24, 2.45) is 5.14 Å². The van der Waals surface area contributed by atoms with Gasteiger partial charge >= 0.3 is 5.69 Å². The molecular formula is C7H10N4O5S. The first-order valence-electron chi connectivity index (χ1n) is 4.40. The van der Waals surface area contributed by atoms with Crippen molar-refractivity contribution in [3.8, 4) is 0 Å². The lowest BCUT2D eigenvalue weighted by atomic mass is 10.3. The van der Waals surface area contributed by atoms with Crippen LogP contribution in [0.4, 0.5) is 0 Å². The monoisotopic (exact) mass is 262 g/mol. The van der Waals surface area contributed by atoms with Crippen molar-refractivity contribution < 1.29 is 13.2 Å². The second-order valence-corrected chi connectivity index (χ2v) is 4.84. The van der Waals surface area contributed by atoms with Crippen LogP contribution in [-0.4, -0.2) is 36.6 Å². The maximum absolute atomic E-state index is 11.4. The largest absolute Gasteiger partial charge is 0.351 e. The van der Waals surface area contributed by atoms with E-state index >= 15 is 0 Å². The number of hydrogen-bond acceptors (Lipinski definition) is 5. The van der Waals surface area contributed by atoms with Gasteiger partial charge in [0.25, 0.3) is 11.5 Å². The van der Waals surface area contributed by atoms with Gasteiger partial charge in [-0.3, -0.25) is 14.6 Å². The Balaban J connectivity index is 2.71. The molecule has 0 aliphatic heterocycles. The Morgan fingerprint density at radius 2 is 2.06 bits per heavy atom. The van der Waals surface area contributed by atoms with Crippen LogP contribution >= 0.6 is 0 Å². The molecule has 0 aliphatic carbocycles. The van der Waals surface area contributed by atoms with Crippen molar-refractivity contribution in [3.05, 3.63) is 32.6 Å². The molecule has 0 bridgehead atoms. The van der Waals surface area contributed by atoms with Crippen molar-refractivity contribution >= 4 is 15.9 Å². The normalized spacial score (nSPS) is 11.1. The van der Waals surface area contributed by atoms with E-state index in [0.29, 0.717) is 0 Å². The summed E-state index contributed by atoms with van der Waals surface area (Å²) in [6.45, 7) is -0.226. The highest BCUT2D eigenvalue weighted by molar-refractivity contribution is 7.89. The van der Waals surface area contributed by atoms with Gasteiger partial charge < -0.3 is 10.3 Å². The number of aromatic nitrogens is 2. The fourth-order valence-corrected chi connectivity index (χ4v) is 1.37. The maximum Gasteiger partial charge on any atom is 0.325 e. The zero-order valence-electron chi connectivity index (χ0n) is 8.52. The van der Waals surface area contributed by atoms with Gasteiger partial charge in [0.05, 0.1) is 5.75 Å². The molecule has 0 radical (unpaired) electrons. The lowest BCUT2D eigenvalue weighted by molar-refractivity contribution is 0.0954. The number of aromatic amines is 2. The lowest BCUT2D eigenvalue weighted by Gasteiger charge is -2.02. The third kappa shape index (κ3) is 4.20. The van der Waals surface area contributed by atoms with Gasteiger partial charge in [-0.05, 0) is 0 Å². The molecule has 0 aromatic carbocycles. The topological polar surface area (TPSA) is 155 Å². The van der Waals surface area contributed by atoms with Gasteiger partial charge in [-0.15, -0.1) is 0 Å². The molecule has 1 aromatic rings. The molecule has 0 aliphatic rings. The van der Waals surface area contributed by atoms with E-state index in [1.807, 2.05) is 4.98 Å². The van der Waals surface area contributed by atoms with Crippen molar-refractivity contribution in [1.29, 1.82) is 0 Å². The summed E-state index contributed by atoms with van der Waals surface area (Å²) in [4.78, 5) is 37.2.